The standard InChI is InChI=1S/C43H36N2O/c1-26(2)33-13-9-14-34(27(3)4)41(33)38-23-39(45-25-28(38)5)37-16-10-15-35-36-22-21-32(24-44)40(43(36)46-42(35)37)31-19-17-30(18-20-31)29-11-7-6-8-12-29/h6-23,25-27H,1-5H3/i5D3. The van der Waals surface area contributed by atoms with Crippen LogP contribution < -0.4 is 0 Å². The Morgan fingerprint density at radius 3 is 1.98 bits per heavy atom. The second-order valence-corrected chi connectivity index (χ2v) is 12.4. The number of hydrogen-bond acceptors (Lipinski definition) is 3. The van der Waals surface area contributed by atoms with Crippen molar-refractivity contribution in [1.82, 2.24) is 4.98 Å². The molecule has 0 N–H and O–H groups in total. The number of pyridine rings is 1. The SMILES string of the molecule is [2H]C([2H])([2H])c1cnc(-c2cccc3c2oc2c(-c4ccc(-c5ccccc5)cc4)c(C#N)ccc23)cc1-c1c(C(C)C)cccc1C(C)C. The fraction of sp³-hybridized carbons (Fsp3) is 0.163. The number of aryl methyl sites for hydroxylation is 1. The molecule has 0 aliphatic carbocycles. The van der Waals surface area contributed by atoms with Gasteiger partial charge in [-0.25, -0.2) is 0 Å². The summed E-state index contributed by atoms with van der Waals surface area (Å²) in [7, 11) is 0. The topological polar surface area (TPSA) is 49.8 Å². The lowest BCUT2D eigenvalue weighted by Crippen LogP contribution is -2.01. The Balaban J connectivity index is 1.45. The van der Waals surface area contributed by atoms with Crippen molar-refractivity contribution in [2.45, 2.75) is 46.4 Å². The molecule has 2 heterocycles. The number of para-hydroxylation sites is 1. The van der Waals surface area contributed by atoms with Gasteiger partial charge in [0.2, 0.25) is 0 Å². The smallest absolute Gasteiger partial charge is 0.144 e. The van der Waals surface area contributed by atoms with Gasteiger partial charge in [-0.2, -0.15) is 5.26 Å². The van der Waals surface area contributed by atoms with Crippen molar-refractivity contribution < 1.29 is 8.53 Å². The predicted molar refractivity (Wildman–Crippen MR) is 191 cm³/mol. The summed E-state index contributed by atoms with van der Waals surface area (Å²) in [5, 5.41) is 12.0. The van der Waals surface area contributed by atoms with E-state index in [4.69, 9.17) is 13.5 Å². The Morgan fingerprint density at radius 1 is 0.652 bits per heavy atom. The Morgan fingerprint density at radius 2 is 1.30 bits per heavy atom. The van der Waals surface area contributed by atoms with Gasteiger partial charge in [-0.15, -0.1) is 0 Å². The molecule has 0 unspecified atom stereocenters. The number of nitriles is 1. The molecule has 3 nitrogen and oxygen atoms in total. The van der Waals surface area contributed by atoms with Gasteiger partial charge in [-0.3, -0.25) is 4.98 Å². The van der Waals surface area contributed by atoms with Crippen molar-refractivity contribution in [3.05, 3.63) is 138 Å². The van der Waals surface area contributed by atoms with Crippen LogP contribution in [-0.4, -0.2) is 4.98 Å². The van der Waals surface area contributed by atoms with Gasteiger partial charge >= 0.3 is 0 Å². The zero-order valence-corrected chi connectivity index (χ0v) is 26.4. The van der Waals surface area contributed by atoms with Gasteiger partial charge in [-0.1, -0.05) is 113 Å². The number of hydrogen-bond donors (Lipinski definition) is 0. The van der Waals surface area contributed by atoms with Crippen LogP contribution >= 0.6 is 0 Å². The van der Waals surface area contributed by atoms with E-state index in [1.807, 2.05) is 66.7 Å². The predicted octanol–water partition coefficient (Wildman–Crippen LogP) is 12.1. The first kappa shape index (κ1) is 25.8. The Labute approximate surface area is 275 Å². The van der Waals surface area contributed by atoms with Crippen molar-refractivity contribution in [2.24, 2.45) is 0 Å². The van der Waals surface area contributed by atoms with Gasteiger partial charge in [0.25, 0.3) is 0 Å². The summed E-state index contributed by atoms with van der Waals surface area (Å²) in [5.74, 6) is 0.367. The van der Waals surface area contributed by atoms with Gasteiger partial charge in [-0.05, 0) is 87.5 Å². The van der Waals surface area contributed by atoms with Crippen LogP contribution in [0.4, 0.5) is 0 Å². The van der Waals surface area contributed by atoms with Crippen LogP contribution in [0.25, 0.3) is 66.6 Å². The van der Waals surface area contributed by atoms with Gasteiger partial charge in [0.05, 0.1) is 17.3 Å². The Hall–Kier alpha value is -5.46. The number of furan rings is 1. The first-order valence-electron chi connectivity index (χ1n) is 17.2. The molecule has 0 aliphatic rings. The molecule has 7 aromatic rings. The van der Waals surface area contributed by atoms with Crippen LogP contribution in [0.5, 0.6) is 0 Å². The van der Waals surface area contributed by atoms with E-state index in [2.05, 4.69) is 76.2 Å². The number of fused-ring (bicyclic) bond motifs is 3. The van der Waals surface area contributed by atoms with Crippen molar-refractivity contribution in [3.63, 3.8) is 0 Å². The molecule has 0 atom stereocenters. The largest absolute Gasteiger partial charge is 0.455 e. The molecule has 0 fully saturated rings. The molecule has 46 heavy (non-hydrogen) atoms. The fourth-order valence-corrected chi connectivity index (χ4v) is 6.57. The molecule has 0 aliphatic heterocycles. The molecular weight excluding hydrogens is 560 g/mol. The lowest BCUT2D eigenvalue weighted by atomic mass is 9.83. The van der Waals surface area contributed by atoms with Crippen LogP contribution in [0.2, 0.25) is 0 Å². The van der Waals surface area contributed by atoms with Crippen LogP contribution in [0, 0.1) is 18.2 Å². The first-order chi connectivity index (χ1) is 23.6. The quantitative estimate of drug-likeness (QED) is 0.191. The molecule has 0 saturated heterocycles. The van der Waals surface area contributed by atoms with Crippen molar-refractivity contribution in [3.8, 4) is 50.7 Å². The van der Waals surface area contributed by atoms with E-state index in [0.29, 0.717) is 28.0 Å². The summed E-state index contributed by atoms with van der Waals surface area (Å²) in [6, 6.07) is 38.7. The van der Waals surface area contributed by atoms with E-state index in [-0.39, 0.29) is 17.4 Å². The molecule has 0 saturated carbocycles. The molecule has 5 aromatic carbocycles. The second-order valence-electron chi connectivity index (χ2n) is 12.4. The summed E-state index contributed by atoms with van der Waals surface area (Å²) < 4.78 is 32.1. The maximum absolute atomic E-state index is 10.2. The normalized spacial score (nSPS) is 12.8. The molecule has 3 heteroatoms. The molecule has 0 bridgehead atoms. The van der Waals surface area contributed by atoms with Gasteiger partial charge in [0.15, 0.2) is 0 Å². The molecule has 0 spiro atoms. The summed E-state index contributed by atoms with van der Waals surface area (Å²) in [6.07, 6.45) is 1.51. The van der Waals surface area contributed by atoms with Crippen molar-refractivity contribution in [1.29, 1.82) is 5.26 Å². The highest BCUT2D eigenvalue weighted by molar-refractivity contribution is 6.13. The summed E-state index contributed by atoms with van der Waals surface area (Å²) in [4.78, 5) is 4.75. The van der Waals surface area contributed by atoms with Gasteiger partial charge in [0.1, 0.15) is 11.2 Å². The van der Waals surface area contributed by atoms with E-state index in [0.717, 1.165) is 55.3 Å². The molecule has 2 aromatic heterocycles. The zero-order chi connectivity index (χ0) is 34.4. The summed E-state index contributed by atoms with van der Waals surface area (Å²) in [5.41, 5.74) is 11.0. The summed E-state index contributed by atoms with van der Waals surface area (Å²) in [6.45, 7) is 6.19. The van der Waals surface area contributed by atoms with E-state index in [9.17, 15) is 5.26 Å². The maximum Gasteiger partial charge on any atom is 0.144 e. The third-order valence-corrected chi connectivity index (χ3v) is 8.89. The monoisotopic (exact) mass is 599 g/mol. The summed E-state index contributed by atoms with van der Waals surface area (Å²) >= 11 is 0. The highest BCUT2D eigenvalue weighted by atomic mass is 16.3. The Kier molecular flexibility index (Phi) is 6.63. The number of benzene rings is 5. The molecule has 224 valence electrons. The van der Waals surface area contributed by atoms with Crippen molar-refractivity contribution in [2.75, 3.05) is 0 Å². The van der Waals surface area contributed by atoms with Crippen LogP contribution in [0.15, 0.2) is 120 Å². The molecule has 7 rings (SSSR count). The third kappa shape index (κ3) is 4.97. The van der Waals surface area contributed by atoms with E-state index < -0.39 is 6.85 Å². The van der Waals surface area contributed by atoms with Crippen LogP contribution in [0.3, 0.4) is 0 Å². The molecule has 0 radical (unpaired) electrons. The fourth-order valence-electron chi connectivity index (χ4n) is 6.57. The van der Waals surface area contributed by atoms with E-state index in [1.54, 1.807) is 0 Å². The highest BCUT2D eigenvalue weighted by Gasteiger charge is 2.21. The van der Waals surface area contributed by atoms with Crippen LogP contribution in [0.1, 0.15) is 65.9 Å². The lowest BCUT2D eigenvalue weighted by Gasteiger charge is -2.21. The average Bonchev–Trinajstić information content (AvgIpc) is 3.49. The minimum atomic E-state index is -2.36. The Bertz CT molecular complexity index is 2350. The van der Waals surface area contributed by atoms with Gasteiger partial charge < -0.3 is 4.42 Å². The lowest BCUT2D eigenvalue weighted by molar-refractivity contribution is 0.670. The number of rotatable bonds is 6. The van der Waals surface area contributed by atoms with Crippen molar-refractivity contribution >= 4 is 21.9 Å². The highest BCUT2D eigenvalue weighted by Crippen LogP contribution is 2.43. The van der Waals surface area contributed by atoms with E-state index >= 15 is 0 Å². The van der Waals surface area contributed by atoms with Gasteiger partial charge in [0, 0.05) is 32.2 Å². The third-order valence-electron chi connectivity index (χ3n) is 8.89. The molecular formula is C43H36N2O. The molecule has 0 amide bonds. The van der Waals surface area contributed by atoms with E-state index in [1.165, 1.54) is 6.20 Å². The zero-order valence-electron chi connectivity index (χ0n) is 29.4. The minimum Gasteiger partial charge on any atom is -0.455 e. The minimum absolute atomic E-state index is 0.183. The number of nitrogens with zero attached hydrogens (tertiary/aromatic N) is 2. The van der Waals surface area contributed by atoms with Crippen LogP contribution in [-0.2, 0) is 0 Å². The maximum atomic E-state index is 10.2. The average molecular weight is 600 g/mol. The first-order valence-corrected chi connectivity index (χ1v) is 15.7. The number of aromatic nitrogens is 1. The second kappa shape index (κ2) is 11.8.